The normalized spacial score (nSPS) is 16.7. The Kier molecular flexibility index (Phi) is 8.51. The fourth-order valence-corrected chi connectivity index (χ4v) is 5.32. The molecule has 0 aliphatic heterocycles. The Bertz CT molecular complexity index is 1820. The fraction of sp³-hybridized carbons (Fsp3) is 0.206. The maximum absolute atomic E-state index is 15.2. The van der Waals surface area contributed by atoms with Gasteiger partial charge in [0.1, 0.15) is 34.8 Å². The number of allylic oxidation sites excluding steroid dienone is 1. The van der Waals surface area contributed by atoms with Crippen molar-refractivity contribution in [3.63, 3.8) is 0 Å². The molecule has 2 nitrogen and oxygen atoms in total. The van der Waals surface area contributed by atoms with Crippen molar-refractivity contribution in [2.24, 2.45) is 11.8 Å². The molecule has 0 radical (unpaired) electrons. The van der Waals surface area contributed by atoms with Crippen LogP contribution in [0.5, 0.6) is 5.75 Å². The maximum atomic E-state index is 15.2. The van der Waals surface area contributed by atoms with Gasteiger partial charge in [-0.3, -0.25) is 4.79 Å². The smallest absolute Gasteiger partial charge is 0.426 e. The van der Waals surface area contributed by atoms with Crippen LogP contribution < -0.4 is 4.74 Å². The molecule has 1 aliphatic carbocycles. The van der Waals surface area contributed by atoms with E-state index in [-0.39, 0.29) is 39.1 Å². The third-order valence-electron chi connectivity index (χ3n) is 7.60. The van der Waals surface area contributed by atoms with Gasteiger partial charge in [-0.2, -0.15) is 13.2 Å². The molecular weight excluding hydrogens is 592 g/mol. The average molecular weight is 615 g/mol. The summed E-state index contributed by atoms with van der Waals surface area (Å²) in [5.74, 6) is -4.13. The highest BCUT2D eigenvalue weighted by Gasteiger charge is 2.27. The summed E-state index contributed by atoms with van der Waals surface area (Å²) in [4.78, 5) is 12.5. The van der Waals surface area contributed by atoms with Crippen molar-refractivity contribution in [2.45, 2.75) is 31.9 Å². The van der Waals surface area contributed by atoms with Crippen LogP contribution in [0.1, 0.15) is 31.2 Å². The molecule has 0 heterocycles. The van der Waals surface area contributed by atoms with Crippen molar-refractivity contribution in [1.29, 1.82) is 0 Å². The van der Waals surface area contributed by atoms with E-state index in [1.54, 1.807) is 0 Å². The lowest BCUT2D eigenvalue weighted by Gasteiger charge is -2.25. The number of hydrogen-bond donors (Lipinski definition) is 0. The zero-order chi connectivity index (χ0) is 31.8. The van der Waals surface area contributed by atoms with Crippen LogP contribution in [0.3, 0.4) is 0 Å². The zero-order valence-corrected chi connectivity index (χ0v) is 22.8. The number of fused-ring (bicyclic) bond motifs is 1. The molecule has 5 rings (SSSR count). The minimum atomic E-state index is -4.97. The molecular formula is C34H22F8O2. The van der Waals surface area contributed by atoms with Gasteiger partial charge in [0.25, 0.3) is 0 Å². The molecule has 0 unspecified atom stereocenters. The van der Waals surface area contributed by atoms with Crippen LogP contribution in [0.4, 0.5) is 35.1 Å². The molecule has 1 aliphatic rings. The monoisotopic (exact) mass is 614 g/mol. The first kappa shape index (κ1) is 30.8. The molecule has 0 bridgehead atoms. The molecule has 10 heteroatoms. The number of carbonyl (C=O) groups excluding carboxylic acids is 1. The van der Waals surface area contributed by atoms with E-state index < -0.39 is 52.4 Å². The lowest BCUT2D eigenvalue weighted by molar-refractivity contribution is -0.140. The van der Waals surface area contributed by atoms with E-state index in [1.165, 1.54) is 18.1 Å². The molecule has 4 aromatic carbocycles. The summed E-state index contributed by atoms with van der Waals surface area (Å²) in [6, 6.07) is 9.17. The minimum absolute atomic E-state index is 0.0529. The van der Waals surface area contributed by atoms with Gasteiger partial charge in [-0.1, -0.05) is 24.1 Å². The molecule has 0 N–H and O–H groups in total. The van der Waals surface area contributed by atoms with Gasteiger partial charge in [-0.05, 0) is 84.5 Å². The number of alkyl halides is 3. The molecule has 226 valence electrons. The number of halogens is 8. The molecule has 0 atom stereocenters. The Morgan fingerprint density at radius 3 is 2.11 bits per heavy atom. The van der Waals surface area contributed by atoms with Gasteiger partial charge < -0.3 is 4.74 Å². The largest absolute Gasteiger partial charge is 0.458 e. The summed E-state index contributed by atoms with van der Waals surface area (Å²) < 4.78 is 117. The van der Waals surface area contributed by atoms with Crippen LogP contribution in [-0.2, 0) is 4.79 Å². The molecule has 1 saturated carbocycles. The van der Waals surface area contributed by atoms with Crippen molar-refractivity contribution >= 4 is 16.7 Å². The van der Waals surface area contributed by atoms with Crippen LogP contribution in [0, 0.1) is 52.8 Å². The number of ether oxygens (including phenoxy) is 1. The van der Waals surface area contributed by atoms with Crippen molar-refractivity contribution in [2.75, 3.05) is 0 Å². The second-order valence-electron chi connectivity index (χ2n) is 10.5. The van der Waals surface area contributed by atoms with Crippen LogP contribution in [0.2, 0.25) is 0 Å². The number of esters is 1. The summed E-state index contributed by atoms with van der Waals surface area (Å²) in [5.41, 5.74) is -2.13. The van der Waals surface area contributed by atoms with E-state index in [4.69, 9.17) is 4.74 Å². The topological polar surface area (TPSA) is 26.3 Å². The van der Waals surface area contributed by atoms with Crippen LogP contribution in [0.25, 0.3) is 33.0 Å². The highest BCUT2D eigenvalue weighted by Crippen LogP contribution is 2.36. The number of hydrogen-bond acceptors (Lipinski definition) is 2. The molecule has 0 saturated heterocycles. The quantitative estimate of drug-likeness (QED) is 0.0736. The van der Waals surface area contributed by atoms with Crippen LogP contribution >= 0.6 is 0 Å². The average Bonchev–Trinajstić information content (AvgIpc) is 2.96. The van der Waals surface area contributed by atoms with Gasteiger partial charge in [0.15, 0.2) is 0 Å². The van der Waals surface area contributed by atoms with E-state index in [1.807, 2.05) is 6.08 Å². The van der Waals surface area contributed by atoms with Gasteiger partial charge in [-0.25, -0.2) is 22.0 Å². The summed E-state index contributed by atoms with van der Waals surface area (Å²) in [6.07, 6.45) is -0.256. The Labute approximate surface area is 247 Å². The second kappa shape index (κ2) is 12.2. The van der Waals surface area contributed by atoms with Gasteiger partial charge in [-0.15, -0.1) is 6.58 Å². The standard InChI is InChI=1S/C34H22F8O2/c1-2-18-3-5-19(6-4-18)33(43)44-23-8-10-24(28(36)17-23)22-15-29(37)31(30(38)16-22)20-7-9-25-21(13-20)14-27(35)26(32(25)39)11-12-34(40,41)42/h2,7-10,13-19H,1,3-6H2. The SMILES string of the molecule is C=CC1CCC(C(=O)Oc2ccc(-c3cc(F)c(-c4ccc5c(F)c(C#CC(F)(F)F)c(F)cc5c4)c(F)c3)c(F)c2)CC1. The maximum Gasteiger partial charge on any atom is 0.458 e. The van der Waals surface area contributed by atoms with Gasteiger partial charge >= 0.3 is 12.1 Å². The van der Waals surface area contributed by atoms with Crippen molar-refractivity contribution < 1.29 is 44.7 Å². The number of benzene rings is 4. The van der Waals surface area contributed by atoms with Crippen molar-refractivity contribution in [3.8, 4) is 39.8 Å². The lowest BCUT2D eigenvalue weighted by atomic mass is 9.82. The van der Waals surface area contributed by atoms with Gasteiger partial charge in [0, 0.05) is 22.9 Å². The highest BCUT2D eigenvalue weighted by atomic mass is 19.4. The summed E-state index contributed by atoms with van der Waals surface area (Å²) in [5, 5.41) is -0.491. The first-order valence-electron chi connectivity index (χ1n) is 13.5. The first-order chi connectivity index (χ1) is 20.8. The molecule has 0 amide bonds. The van der Waals surface area contributed by atoms with Crippen molar-refractivity contribution in [1.82, 2.24) is 0 Å². The van der Waals surface area contributed by atoms with Gasteiger partial charge in [0.05, 0.1) is 17.0 Å². The fourth-order valence-electron chi connectivity index (χ4n) is 5.32. The highest BCUT2D eigenvalue weighted by molar-refractivity contribution is 5.89. The molecule has 0 aromatic heterocycles. The number of rotatable bonds is 5. The Morgan fingerprint density at radius 2 is 1.50 bits per heavy atom. The Hall–Kier alpha value is -4.65. The Morgan fingerprint density at radius 1 is 0.818 bits per heavy atom. The Balaban J connectivity index is 1.40. The summed E-state index contributed by atoms with van der Waals surface area (Å²) in [7, 11) is 0. The third kappa shape index (κ3) is 6.47. The van der Waals surface area contributed by atoms with E-state index in [0.717, 1.165) is 55.2 Å². The molecule has 0 spiro atoms. The molecule has 44 heavy (non-hydrogen) atoms. The van der Waals surface area contributed by atoms with Crippen LogP contribution in [-0.4, -0.2) is 12.1 Å². The van der Waals surface area contributed by atoms with E-state index >= 15 is 13.2 Å². The summed E-state index contributed by atoms with van der Waals surface area (Å²) >= 11 is 0. The van der Waals surface area contributed by atoms with E-state index in [0.29, 0.717) is 24.8 Å². The first-order valence-corrected chi connectivity index (χ1v) is 13.5. The third-order valence-corrected chi connectivity index (χ3v) is 7.60. The van der Waals surface area contributed by atoms with E-state index in [9.17, 15) is 26.7 Å². The lowest BCUT2D eigenvalue weighted by Crippen LogP contribution is -2.25. The predicted octanol–water partition coefficient (Wildman–Crippen LogP) is 9.68. The summed E-state index contributed by atoms with van der Waals surface area (Å²) in [6.45, 7) is 3.77. The molecule has 1 fully saturated rings. The van der Waals surface area contributed by atoms with Gasteiger partial charge in [0.2, 0.25) is 0 Å². The molecule has 4 aromatic rings. The van der Waals surface area contributed by atoms with E-state index in [2.05, 4.69) is 6.58 Å². The predicted molar refractivity (Wildman–Crippen MR) is 149 cm³/mol. The second-order valence-corrected chi connectivity index (χ2v) is 10.5. The number of carbonyl (C=O) groups is 1. The van der Waals surface area contributed by atoms with Crippen LogP contribution in [0.15, 0.2) is 67.3 Å². The van der Waals surface area contributed by atoms with Crippen molar-refractivity contribution in [3.05, 3.63) is 102 Å². The zero-order valence-electron chi connectivity index (χ0n) is 22.8. The minimum Gasteiger partial charge on any atom is -0.426 e.